The lowest BCUT2D eigenvalue weighted by molar-refractivity contribution is 0.0697. The van der Waals surface area contributed by atoms with Crippen molar-refractivity contribution < 1.29 is 9.90 Å². The first-order chi connectivity index (χ1) is 9.54. The number of thiazole rings is 1. The van der Waals surface area contributed by atoms with Gasteiger partial charge in [-0.3, -0.25) is 0 Å². The summed E-state index contributed by atoms with van der Waals surface area (Å²) in [6.45, 7) is 4.61. The van der Waals surface area contributed by atoms with E-state index in [-0.39, 0.29) is 5.56 Å². The number of aryl methyl sites for hydroxylation is 2. The molecular formula is C14H13N3O2S. The van der Waals surface area contributed by atoms with Gasteiger partial charge in [0.1, 0.15) is 5.82 Å². The van der Waals surface area contributed by atoms with E-state index in [1.807, 2.05) is 26.1 Å². The molecule has 0 spiro atoms. The van der Waals surface area contributed by atoms with Crippen molar-refractivity contribution >= 4 is 28.3 Å². The third kappa shape index (κ3) is 2.18. The Kier molecular flexibility index (Phi) is 3.02. The van der Waals surface area contributed by atoms with E-state index in [1.165, 1.54) is 0 Å². The van der Waals surface area contributed by atoms with Gasteiger partial charge in [0.2, 0.25) is 0 Å². The molecular weight excluding hydrogens is 274 g/mol. The highest BCUT2D eigenvalue weighted by atomic mass is 32.1. The summed E-state index contributed by atoms with van der Waals surface area (Å²) in [5, 5.41) is 10.1. The quantitative estimate of drug-likeness (QED) is 0.804. The number of fused-ring (bicyclic) bond motifs is 1. The zero-order valence-electron chi connectivity index (χ0n) is 11.1. The van der Waals surface area contributed by atoms with E-state index in [0.717, 1.165) is 21.2 Å². The average molecular weight is 287 g/mol. The van der Waals surface area contributed by atoms with Crippen LogP contribution in [0.5, 0.6) is 0 Å². The number of benzene rings is 1. The monoisotopic (exact) mass is 287 g/mol. The standard InChI is InChI=1S/C14H13N3O2S/c1-8-16-12-5-10(14(18)19)3-4-13(12)17(8)7-11-6-15-9(2)20-11/h3-6H,7H2,1-2H3,(H,18,19). The molecule has 0 atom stereocenters. The highest BCUT2D eigenvalue weighted by Gasteiger charge is 2.11. The van der Waals surface area contributed by atoms with E-state index in [4.69, 9.17) is 5.11 Å². The lowest BCUT2D eigenvalue weighted by atomic mass is 10.2. The molecule has 2 heterocycles. The maximum atomic E-state index is 11.0. The van der Waals surface area contributed by atoms with Crippen LogP contribution in [0.15, 0.2) is 24.4 Å². The van der Waals surface area contributed by atoms with Crippen molar-refractivity contribution in [3.05, 3.63) is 45.7 Å². The van der Waals surface area contributed by atoms with Gasteiger partial charge in [-0.25, -0.2) is 14.8 Å². The minimum absolute atomic E-state index is 0.260. The fourth-order valence-electron chi connectivity index (χ4n) is 2.22. The van der Waals surface area contributed by atoms with Crippen molar-refractivity contribution in [3.63, 3.8) is 0 Å². The second kappa shape index (κ2) is 4.72. The number of carboxylic acid groups (broad SMARTS) is 1. The zero-order valence-corrected chi connectivity index (χ0v) is 11.9. The molecule has 0 aliphatic carbocycles. The number of carboxylic acids is 1. The summed E-state index contributed by atoms with van der Waals surface area (Å²) in [5.74, 6) is -0.0641. The van der Waals surface area contributed by atoms with Crippen molar-refractivity contribution in [2.45, 2.75) is 20.4 Å². The molecule has 3 rings (SSSR count). The van der Waals surface area contributed by atoms with Crippen molar-refractivity contribution in [3.8, 4) is 0 Å². The Hall–Kier alpha value is -2.21. The number of imidazole rings is 1. The smallest absolute Gasteiger partial charge is 0.335 e. The second-order valence-corrected chi connectivity index (χ2v) is 5.92. The summed E-state index contributed by atoms with van der Waals surface area (Å²) in [4.78, 5) is 20.8. The predicted molar refractivity (Wildman–Crippen MR) is 77.4 cm³/mol. The fraction of sp³-hybridized carbons (Fsp3) is 0.214. The molecule has 3 aromatic rings. The summed E-state index contributed by atoms with van der Waals surface area (Å²) >= 11 is 1.66. The minimum atomic E-state index is -0.933. The summed E-state index contributed by atoms with van der Waals surface area (Å²) in [6, 6.07) is 5.03. The molecule has 20 heavy (non-hydrogen) atoms. The van der Waals surface area contributed by atoms with Crippen LogP contribution in [0.3, 0.4) is 0 Å². The Balaban J connectivity index is 2.06. The minimum Gasteiger partial charge on any atom is -0.478 e. The van der Waals surface area contributed by atoms with Gasteiger partial charge in [-0.1, -0.05) is 0 Å². The molecule has 6 heteroatoms. The van der Waals surface area contributed by atoms with Crippen LogP contribution in [0.25, 0.3) is 11.0 Å². The third-order valence-corrected chi connectivity index (χ3v) is 4.07. The second-order valence-electron chi connectivity index (χ2n) is 4.60. The topological polar surface area (TPSA) is 68.0 Å². The Morgan fingerprint density at radius 1 is 1.40 bits per heavy atom. The highest BCUT2D eigenvalue weighted by Crippen LogP contribution is 2.21. The highest BCUT2D eigenvalue weighted by molar-refractivity contribution is 7.11. The summed E-state index contributed by atoms with van der Waals surface area (Å²) < 4.78 is 2.08. The van der Waals surface area contributed by atoms with Crippen LogP contribution >= 0.6 is 11.3 Å². The molecule has 102 valence electrons. The number of hydrogen-bond acceptors (Lipinski definition) is 4. The number of nitrogens with zero attached hydrogens (tertiary/aromatic N) is 3. The Labute approximate surface area is 119 Å². The lowest BCUT2D eigenvalue weighted by Gasteiger charge is -2.04. The van der Waals surface area contributed by atoms with Crippen molar-refractivity contribution in [2.75, 3.05) is 0 Å². The van der Waals surface area contributed by atoms with Crippen LogP contribution in [0.4, 0.5) is 0 Å². The normalized spacial score (nSPS) is 11.1. The van der Waals surface area contributed by atoms with Gasteiger partial charge in [0.25, 0.3) is 0 Å². The largest absolute Gasteiger partial charge is 0.478 e. The number of hydrogen-bond donors (Lipinski definition) is 1. The number of rotatable bonds is 3. The molecule has 1 N–H and O–H groups in total. The van der Waals surface area contributed by atoms with Gasteiger partial charge in [0.05, 0.1) is 28.1 Å². The van der Waals surface area contributed by atoms with Crippen LogP contribution in [0, 0.1) is 13.8 Å². The first-order valence-electron chi connectivity index (χ1n) is 6.16. The predicted octanol–water partition coefficient (Wildman–Crippen LogP) is 2.86. The van der Waals surface area contributed by atoms with E-state index in [1.54, 1.807) is 23.5 Å². The first kappa shape index (κ1) is 12.8. The maximum Gasteiger partial charge on any atom is 0.335 e. The van der Waals surface area contributed by atoms with E-state index in [9.17, 15) is 4.79 Å². The van der Waals surface area contributed by atoms with Crippen LogP contribution in [0.1, 0.15) is 26.1 Å². The van der Waals surface area contributed by atoms with Crippen LogP contribution in [0.2, 0.25) is 0 Å². The molecule has 0 amide bonds. The molecule has 0 aliphatic rings. The van der Waals surface area contributed by atoms with Gasteiger partial charge >= 0.3 is 5.97 Å². The molecule has 0 radical (unpaired) electrons. The number of aromatic nitrogens is 3. The van der Waals surface area contributed by atoms with Crippen LogP contribution in [-0.2, 0) is 6.54 Å². The van der Waals surface area contributed by atoms with E-state index >= 15 is 0 Å². The van der Waals surface area contributed by atoms with E-state index < -0.39 is 5.97 Å². The summed E-state index contributed by atoms with van der Waals surface area (Å²) in [5.41, 5.74) is 1.91. The van der Waals surface area contributed by atoms with Crippen molar-refractivity contribution in [1.29, 1.82) is 0 Å². The molecule has 2 aromatic heterocycles. The maximum absolute atomic E-state index is 11.0. The molecule has 1 aromatic carbocycles. The number of carbonyl (C=O) groups is 1. The Morgan fingerprint density at radius 3 is 2.85 bits per heavy atom. The molecule has 0 bridgehead atoms. The molecule has 0 unspecified atom stereocenters. The van der Waals surface area contributed by atoms with Gasteiger partial charge in [0, 0.05) is 11.1 Å². The summed E-state index contributed by atoms with van der Waals surface area (Å²) in [7, 11) is 0. The van der Waals surface area contributed by atoms with Crippen LogP contribution in [-0.4, -0.2) is 25.6 Å². The zero-order chi connectivity index (χ0) is 14.3. The average Bonchev–Trinajstić information content (AvgIpc) is 2.94. The van der Waals surface area contributed by atoms with Gasteiger partial charge in [-0.05, 0) is 32.0 Å². The van der Waals surface area contributed by atoms with E-state index in [2.05, 4.69) is 14.5 Å². The molecule has 0 saturated carbocycles. The van der Waals surface area contributed by atoms with Crippen molar-refractivity contribution in [2.24, 2.45) is 0 Å². The molecule has 0 fully saturated rings. The van der Waals surface area contributed by atoms with Crippen molar-refractivity contribution in [1.82, 2.24) is 14.5 Å². The third-order valence-electron chi connectivity index (χ3n) is 3.17. The molecule has 0 saturated heterocycles. The molecule has 0 aliphatic heterocycles. The molecule has 5 nitrogen and oxygen atoms in total. The fourth-order valence-corrected chi connectivity index (χ4v) is 3.00. The number of aromatic carboxylic acids is 1. The van der Waals surface area contributed by atoms with Gasteiger partial charge < -0.3 is 9.67 Å². The van der Waals surface area contributed by atoms with Crippen LogP contribution < -0.4 is 0 Å². The SMILES string of the molecule is Cc1ncc(Cn2c(C)nc3cc(C(=O)O)ccc32)s1. The lowest BCUT2D eigenvalue weighted by Crippen LogP contribution is -2.00. The Bertz CT molecular complexity index is 804. The van der Waals surface area contributed by atoms with Gasteiger partial charge in [-0.15, -0.1) is 11.3 Å². The van der Waals surface area contributed by atoms with Gasteiger partial charge in [0.15, 0.2) is 0 Å². The Morgan fingerprint density at radius 2 is 2.20 bits per heavy atom. The van der Waals surface area contributed by atoms with E-state index in [0.29, 0.717) is 12.1 Å². The van der Waals surface area contributed by atoms with Gasteiger partial charge in [-0.2, -0.15) is 0 Å². The first-order valence-corrected chi connectivity index (χ1v) is 6.98. The summed E-state index contributed by atoms with van der Waals surface area (Å²) in [6.07, 6.45) is 1.87.